The van der Waals surface area contributed by atoms with E-state index in [9.17, 15) is 4.79 Å². The Kier molecular flexibility index (Phi) is 4.35. The molecule has 0 bridgehead atoms. The Labute approximate surface area is 154 Å². The highest BCUT2D eigenvalue weighted by Crippen LogP contribution is 2.41. The molecule has 1 unspecified atom stereocenters. The van der Waals surface area contributed by atoms with Crippen molar-refractivity contribution in [3.8, 4) is 11.5 Å². The Morgan fingerprint density at radius 1 is 1.19 bits per heavy atom. The zero-order valence-electron chi connectivity index (χ0n) is 15.4. The van der Waals surface area contributed by atoms with Gasteiger partial charge in [-0.15, -0.1) is 0 Å². The number of hydrogen-bond acceptors (Lipinski definition) is 3. The van der Waals surface area contributed by atoms with E-state index in [1.54, 1.807) is 0 Å². The molecule has 1 atom stereocenters. The molecule has 0 saturated carbocycles. The normalized spacial score (nSPS) is 19.8. The predicted octanol–water partition coefficient (Wildman–Crippen LogP) is 3.97. The third-order valence-electron chi connectivity index (χ3n) is 5.12. The number of ether oxygens (including phenoxy) is 2. The van der Waals surface area contributed by atoms with E-state index in [2.05, 4.69) is 43.4 Å². The van der Waals surface area contributed by atoms with E-state index in [1.165, 1.54) is 11.1 Å². The number of carbonyl (C=O) groups is 1. The molecule has 0 spiro atoms. The Balaban J connectivity index is 1.40. The number of amides is 1. The smallest absolute Gasteiger partial charge is 0.258 e. The Hall–Kier alpha value is -2.49. The lowest BCUT2D eigenvalue weighted by Gasteiger charge is -2.26. The van der Waals surface area contributed by atoms with Gasteiger partial charge in [0.25, 0.3) is 5.91 Å². The van der Waals surface area contributed by atoms with Crippen LogP contribution in [0.5, 0.6) is 11.5 Å². The Morgan fingerprint density at radius 2 is 2.00 bits per heavy atom. The van der Waals surface area contributed by atoms with Crippen LogP contribution < -0.4 is 14.8 Å². The first-order valence-electron chi connectivity index (χ1n) is 9.33. The van der Waals surface area contributed by atoms with E-state index in [0.29, 0.717) is 5.75 Å². The summed E-state index contributed by atoms with van der Waals surface area (Å²) in [5.41, 5.74) is 3.48. The van der Waals surface area contributed by atoms with Crippen molar-refractivity contribution < 1.29 is 14.3 Å². The average molecular weight is 351 g/mol. The van der Waals surface area contributed by atoms with Gasteiger partial charge in [-0.25, -0.2) is 0 Å². The summed E-state index contributed by atoms with van der Waals surface area (Å²) in [7, 11) is 0. The third kappa shape index (κ3) is 3.41. The van der Waals surface area contributed by atoms with Crippen molar-refractivity contribution in [1.29, 1.82) is 0 Å². The summed E-state index contributed by atoms with van der Waals surface area (Å²) in [6, 6.07) is 14.3. The van der Waals surface area contributed by atoms with Gasteiger partial charge in [-0.2, -0.15) is 0 Å². The van der Waals surface area contributed by atoms with Gasteiger partial charge in [-0.1, -0.05) is 36.4 Å². The minimum atomic E-state index is -0.226. The van der Waals surface area contributed by atoms with Crippen molar-refractivity contribution in [2.24, 2.45) is 0 Å². The fourth-order valence-electron chi connectivity index (χ4n) is 3.98. The topological polar surface area (TPSA) is 47.6 Å². The van der Waals surface area contributed by atoms with Crippen molar-refractivity contribution in [2.45, 2.75) is 51.2 Å². The SMILES string of the molecule is CC1(C)Cc2cccc(OCC(=O)NC3CCCc4ccccc43)c2O1. The summed E-state index contributed by atoms with van der Waals surface area (Å²) < 4.78 is 11.8. The first-order valence-corrected chi connectivity index (χ1v) is 9.33. The molecule has 1 amide bonds. The molecule has 4 nitrogen and oxygen atoms in total. The lowest BCUT2D eigenvalue weighted by molar-refractivity contribution is -0.124. The van der Waals surface area contributed by atoms with Gasteiger partial charge in [0.05, 0.1) is 6.04 Å². The quantitative estimate of drug-likeness (QED) is 0.907. The first-order chi connectivity index (χ1) is 12.5. The van der Waals surface area contributed by atoms with Crippen LogP contribution in [0.1, 0.15) is 49.4 Å². The summed E-state index contributed by atoms with van der Waals surface area (Å²) in [4.78, 5) is 12.4. The van der Waals surface area contributed by atoms with Gasteiger partial charge in [-0.05, 0) is 50.3 Å². The first kappa shape index (κ1) is 17.0. The molecule has 4 rings (SSSR count). The molecule has 1 N–H and O–H groups in total. The minimum absolute atomic E-state index is 0.00108. The lowest BCUT2D eigenvalue weighted by Crippen LogP contribution is -2.34. The highest BCUT2D eigenvalue weighted by atomic mass is 16.5. The minimum Gasteiger partial charge on any atom is -0.483 e. The van der Waals surface area contributed by atoms with Gasteiger partial charge in [-0.3, -0.25) is 4.79 Å². The number of carbonyl (C=O) groups excluding carboxylic acids is 1. The molecule has 0 radical (unpaired) electrons. The molecule has 0 saturated heterocycles. The highest BCUT2D eigenvalue weighted by Gasteiger charge is 2.32. The standard InChI is InChI=1S/C22H25NO3/c1-22(2)13-16-9-6-12-19(21(16)26-22)25-14-20(24)23-18-11-5-8-15-7-3-4-10-17(15)18/h3-4,6-7,9-10,12,18H,5,8,11,13-14H2,1-2H3,(H,23,24). The van der Waals surface area contributed by atoms with Crippen molar-refractivity contribution in [2.75, 3.05) is 6.61 Å². The number of aryl methyl sites for hydroxylation is 1. The monoisotopic (exact) mass is 351 g/mol. The Bertz CT molecular complexity index is 828. The molecule has 26 heavy (non-hydrogen) atoms. The highest BCUT2D eigenvalue weighted by molar-refractivity contribution is 5.78. The molecule has 1 aliphatic carbocycles. The number of para-hydroxylation sites is 1. The molecule has 4 heteroatoms. The van der Waals surface area contributed by atoms with E-state index in [-0.39, 0.29) is 24.2 Å². The number of fused-ring (bicyclic) bond motifs is 2. The Morgan fingerprint density at radius 3 is 2.88 bits per heavy atom. The summed E-state index contributed by atoms with van der Waals surface area (Å²) >= 11 is 0. The van der Waals surface area contributed by atoms with E-state index in [0.717, 1.165) is 37.0 Å². The van der Waals surface area contributed by atoms with Crippen LogP contribution in [0, 0.1) is 0 Å². The van der Waals surface area contributed by atoms with Crippen LogP contribution in [0.4, 0.5) is 0 Å². The lowest BCUT2D eigenvalue weighted by atomic mass is 9.88. The summed E-state index contributed by atoms with van der Waals surface area (Å²) in [5.74, 6) is 1.32. The second kappa shape index (κ2) is 6.67. The average Bonchev–Trinajstić information content (AvgIpc) is 2.94. The largest absolute Gasteiger partial charge is 0.483 e. The van der Waals surface area contributed by atoms with Gasteiger partial charge < -0.3 is 14.8 Å². The molecule has 2 aliphatic rings. The van der Waals surface area contributed by atoms with E-state index in [1.807, 2.05) is 18.2 Å². The fraction of sp³-hybridized carbons (Fsp3) is 0.409. The number of benzene rings is 2. The number of hydrogen-bond donors (Lipinski definition) is 1. The third-order valence-corrected chi connectivity index (χ3v) is 5.12. The second-order valence-corrected chi connectivity index (χ2v) is 7.78. The van der Waals surface area contributed by atoms with Crippen LogP contribution in [0.3, 0.4) is 0 Å². The molecule has 2 aromatic carbocycles. The van der Waals surface area contributed by atoms with Crippen LogP contribution in [-0.4, -0.2) is 18.1 Å². The van der Waals surface area contributed by atoms with E-state index in [4.69, 9.17) is 9.47 Å². The van der Waals surface area contributed by atoms with E-state index < -0.39 is 0 Å². The molecule has 0 aromatic heterocycles. The fourth-order valence-corrected chi connectivity index (χ4v) is 3.98. The van der Waals surface area contributed by atoms with Crippen molar-refractivity contribution in [1.82, 2.24) is 5.32 Å². The molecule has 1 heterocycles. The molecule has 2 aromatic rings. The van der Waals surface area contributed by atoms with Gasteiger partial charge >= 0.3 is 0 Å². The molecule has 1 aliphatic heterocycles. The van der Waals surface area contributed by atoms with Gasteiger partial charge in [0, 0.05) is 12.0 Å². The van der Waals surface area contributed by atoms with Crippen molar-refractivity contribution in [3.63, 3.8) is 0 Å². The zero-order valence-corrected chi connectivity index (χ0v) is 15.4. The van der Waals surface area contributed by atoms with Crippen molar-refractivity contribution in [3.05, 3.63) is 59.2 Å². The van der Waals surface area contributed by atoms with Gasteiger partial charge in [0.2, 0.25) is 0 Å². The van der Waals surface area contributed by atoms with Gasteiger partial charge in [0.1, 0.15) is 5.60 Å². The maximum absolute atomic E-state index is 12.4. The molecule has 0 fully saturated rings. The van der Waals surface area contributed by atoms with Crippen LogP contribution in [0.25, 0.3) is 0 Å². The van der Waals surface area contributed by atoms with Gasteiger partial charge in [0.15, 0.2) is 18.1 Å². The van der Waals surface area contributed by atoms with Crippen LogP contribution in [-0.2, 0) is 17.6 Å². The second-order valence-electron chi connectivity index (χ2n) is 7.78. The summed E-state index contributed by atoms with van der Waals surface area (Å²) in [6.07, 6.45) is 4.01. The maximum atomic E-state index is 12.4. The number of nitrogens with one attached hydrogen (secondary N) is 1. The van der Waals surface area contributed by atoms with Crippen LogP contribution in [0.2, 0.25) is 0 Å². The predicted molar refractivity (Wildman–Crippen MR) is 101 cm³/mol. The molecule has 136 valence electrons. The maximum Gasteiger partial charge on any atom is 0.258 e. The number of rotatable bonds is 4. The molecular formula is C22H25NO3. The van der Waals surface area contributed by atoms with Crippen molar-refractivity contribution >= 4 is 5.91 Å². The summed E-state index contributed by atoms with van der Waals surface area (Å²) in [6.45, 7) is 4.12. The summed E-state index contributed by atoms with van der Waals surface area (Å²) in [5, 5.41) is 3.12. The van der Waals surface area contributed by atoms with Crippen LogP contribution >= 0.6 is 0 Å². The zero-order chi connectivity index (χ0) is 18.1. The molecular weight excluding hydrogens is 326 g/mol. The van der Waals surface area contributed by atoms with E-state index >= 15 is 0 Å². The van der Waals surface area contributed by atoms with Crippen LogP contribution in [0.15, 0.2) is 42.5 Å².